The highest BCUT2D eigenvalue weighted by Crippen LogP contribution is 2.23. The van der Waals surface area contributed by atoms with E-state index in [1.54, 1.807) is 7.05 Å². The van der Waals surface area contributed by atoms with E-state index in [9.17, 15) is 13.2 Å². The van der Waals surface area contributed by atoms with Gasteiger partial charge in [0.05, 0.1) is 10.4 Å². The Morgan fingerprint density at radius 1 is 1.36 bits per heavy atom. The minimum Gasteiger partial charge on any atom is -0.408 e. The second-order valence-electron chi connectivity index (χ2n) is 5.23. The average Bonchev–Trinajstić information content (AvgIpc) is 2.74. The van der Waals surface area contributed by atoms with E-state index in [-0.39, 0.29) is 23.3 Å². The van der Waals surface area contributed by atoms with Crippen LogP contribution >= 0.6 is 12.4 Å². The Hall–Kier alpha value is -1.35. The maximum absolute atomic E-state index is 12.7. The van der Waals surface area contributed by atoms with E-state index >= 15 is 0 Å². The topological polar surface area (TPSA) is 84.6 Å². The van der Waals surface area contributed by atoms with E-state index in [0.29, 0.717) is 30.7 Å². The molecular formula is C13H18ClN3O4S. The highest BCUT2D eigenvalue weighted by atomic mass is 35.5. The molecule has 1 atom stereocenters. The minimum absolute atomic E-state index is 0. The Labute approximate surface area is 134 Å². The Kier molecular flexibility index (Phi) is 4.67. The van der Waals surface area contributed by atoms with Crippen LogP contribution in [-0.4, -0.2) is 43.0 Å². The van der Waals surface area contributed by atoms with Crippen molar-refractivity contribution in [1.29, 1.82) is 0 Å². The van der Waals surface area contributed by atoms with E-state index in [2.05, 4.69) is 5.32 Å². The van der Waals surface area contributed by atoms with Gasteiger partial charge in [0.15, 0.2) is 5.58 Å². The summed E-state index contributed by atoms with van der Waals surface area (Å²) in [5.41, 5.74) is 0.860. The lowest BCUT2D eigenvalue weighted by atomic mass is 10.3. The van der Waals surface area contributed by atoms with Gasteiger partial charge in [0, 0.05) is 32.7 Å². The first-order valence-corrected chi connectivity index (χ1v) is 8.17. The standard InChI is InChI=1S/C13H17N3O4S.ClH/c1-9-8-14-5-6-16(9)21(18,19)10-3-4-12-11(7-10)15(2)13(17)20-12;/h3-4,7,9,14H,5-6,8H2,1-2H3;1H. The van der Waals surface area contributed by atoms with Crippen molar-refractivity contribution >= 4 is 33.5 Å². The molecule has 1 unspecified atom stereocenters. The van der Waals surface area contributed by atoms with Crippen LogP contribution in [0.25, 0.3) is 11.1 Å². The lowest BCUT2D eigenvalue weighted by Crippen LogP contribution is -2.52. The SMILES string of the molecule is CC1CNCCN1S(=O)(=O)c1ccc2oc(=O)n(C)c2c1.Cl. The van der Waals surface area contributed by atoms with Gasteiger partial charge < -0.3 is 9.73 Å². The zero-order valence-electron chi connectivity index (χ0n) is 12.3. The number of piperazine rings is 1. The van der Waals surface area contributed by atoms with Gasteiger partial charge in [-0.1, -0.05) is 0 Å². The first-order chi connectivity index (χ1) is 9.91. The Morgan fingerprint density at radius 3 is 2.77 bits per heavy atom. The van der Waals surface area contributed by atoms with E-state index < -0.39 is 15.8 Å². The maximum Gasteiger partial charge on any atom is 0.419 e. The van der Waals surface area contributed by atoms with Crippen LogP contribution in [0.5, 0.6) is 0 Å². The number of nitrogens with zero attached hydrogens (tertiary/aromatic N) is 2. The van der Waals surface area contributed by atoms with Crippen LogP contribution < -0.4 is 11.1 Å². The number of fused-ring (bicyclic) bond motifs is 1. The van der Waals surface area contributed by atoms with Gasteiger partial charge in [-0.25, -0.2) is 13.2 Å². The monoisotopic (exact) mass is 347 g/mol. The predicted molar refractivity (Wildman–Crippen MR) is 84.9 cm³/mol. The van der Waals surface area contributed by atoms with Gasteiger partial charge in [-0.3, -0.25) is 4.57 Å². The quantitative estimate of drug-likeness (QED) is 0.857. The van der Waals surface area contributed by atoms with Crippen LogP contribution in [0.15, 0.2) is 32.3 Å². The lowest BCUT2D eigenvalue weighted by Gasteiger charge is -2.32. The van der Waals surface area contributed by atoms with Gasteiger partial charge in [-0.05, 0) is 25.1 Å². The molecule has 0 saturated carbocycles. The van der Waals surface area contributed by atoms with E-state index in [1.165, 1.54) is 27.1 Å². The van der Waals surface area contributed by atoms with Gasteiger partial charge in [0.1, 0.15) is 0 Å². The van der Waals surface area contributed by atoms with Crippen molar-refractivity contribution in [3.8, 4) is 0 Å². The van der Waals surface area contributed by atoms with Crippen molar-refractivity contribution in [2.45, 2.75) is 17.9 Å². The number of aromatic nitrogens is 1. The molecular weight excluding hydrogens is 330 g/mol. The van der Waals surface area contributed by atoms with Gasteiger partial charge >= 0.3 is 5.76 Å². The number of sulfonamides is 1. The van der Waals surface area contributed by atoms with Gasteiger partial charge in [0.2, 0.25) is 10.0 Å². The summed E-state index contributed by atoms with van der Waals surface area (Å²) in [7, 11) is -2.02. The molecule has 0 spiro atoms. The number of hydrogen-bond acceptors (Lipinski definition) is 5. The van der Waals surface area contributed by atoms with Crippen molar-refractivity contribution < 1.29 is 12.8 Å². The Balaban J connectivity index is 0.00000176. The summed E-state index contributed by atoms with van der Waals surface area (Å²) < 4.78 is 33.3. The van der Waals surface area contributed by atoms with Crippen molar-refractivity contribution in [1.82, 2.24) is 14.2 Å². The molecule has 2 heterocycles. The fraction of sp³-hybridized carbons (Fsp3) is 0.462. The van der Waals surface area contributed by atoms with Gasteiger partial charge in [-0.15, -0.1) is 12.4 Å². The third-order valence-electron chi connectivity index (χ3n) is 3.81. The summed E-state index contributed by atoms with van der Waals surface area (Å²) in [4.78, 5) is 11.7. The van der Waals surface area contributed by atoms with E-state index in [4.69, 9.17) is 4.42 Å². The third kappa shape index (κ3) is 2.67. The van der Waals surface area contributed by atoms with Gasteiger partial charge in [-0.2, -0.15) is 4.31 Å². The second kappa shape index (κ2) is 6.04. The van der Waals surface area contributed by atoms with E-state index in [1.807, 2.05) is 6.92 Å². The zero-order chi connectivity index (χ0) is 15.2. The van der Waals surface area contributed by atoms with Crippen LogP contribution in [0.3, 0.4) is 0 Å². The van der Waals surface area contributed by atoms with E-state index in [0.717, 1.165) is 0 Å². The molecule has 1 N–H and O–H groups in total. The molecule has 0 aliphatic carbocycles. The molecule has 1 aromatic carbocycles. The molecule has 0 amide bonds. The van der Waals surface area contributed by atoms with Crippen molar-refractivity contribution in [3.63, 3.8) is 0 Å². The highest BCUT2D eigenvalue weighted by molar-refractivity contribution is 7.89. The van der Waals surface area contributed by atoms with Crippen molar-refractivity contribution in [3.05, 3.63) is 28.7 Å². The number of hydrogen-bond donors (Lipinski definition) is 1. The lowest BCUT2D eigenvalue weighted by molar-refractivity contribution is 0.284. The molecule has 2 aromatic rings. The largest absolute Gasteiger partial charge is 0.419 e. The molecule has 1 aliphatic heterocycles. The molecule has 1 fully saturated rings. The van der Waals surface area contributed by atoms with Gasteiger partial charge in [0.25, 0.3) is 0 Å². The summed E-state index contributed by atoms with van der Waals surface area (Å²) in [5.74, 6) is -0.505. The Morgan fingerprint density at radius 2 is 2.09 bits per heavy atom. The summed E-state index contributed by atoms with van der Waals surface area (Å²) in [6.45, 7) is 3.57. The number of rotatable bonds is 2. The summed E-state index contributed by atoms with van der Waals surface area (Å²) in [6.07, 6.45) is 0. The summed E-state index contributed by atoms with van der Waals surface area (Å²) in [6, 6.07) is 4.39. The van der Waals surface area contributed by atoms with Crippen molar-refractivity contribution in [2.24, 2.45) is 7.05 Å². The first-order valence-electron chi connectivity index (χ1n) is 6.73. The first kappa shape index (κ1) is 17.0. The van der Waals surface area contributed by atoms with Crippen LogP contribution in [0.2, 0.25) is 0 Å². The molecule has 22 heavy (non-hydrogen) atoms. The normalized spacial score (nSPS) is 20.0. The van der Waals surface area contributed by atoms with Crippen LogP contribution in [0, 0.1) is 0 Å². The molecule has 1 saturated heterocycles. The molecule has 122 valence electrons. The average molecular weight is 348 g/mol. The molecule has 1 aromatic heterocycles. The van der Waals surface area contributed by atoms with Crippen LogP contribution in [0.4, 0.5) is 0 Å². The molecule has 1 aliphatic rings. The fourth-order valence-electron chi connectivity index (χ4n) is 2.58. The third-order valence-corrected chi connectivity index (χ3v) is 5.82. The summed E-state index contributed by atoms with van der Waals surface area (Å²) in [5, 5.41) is 3.16. The maximum atomic E-state index is 12.7. The predicted octanol–water partition coefficient (Wildman–Crippen LogP) is 0.536. The minimum atomic E-state index is -3.57. The number of benzene rings is 1. The Bertz CT molecular complexity index is 843. The fourth-order valence-corrected chi connectivity index (χ4v) is 4.23. The number of aryl methyl sites for hydroxylation is 1. The molecule has 9 heteroatoms. The molecule has 7 nitrogen and oxygen atoms in total. The smallest absolute Gasteiger partial charge is 0.408 e. The molecule has 3 rings (SSSR count). The van der Waals surface area contributed by atoms with Crippen LogP contribution in [0.1, 0.15) is 6.92 Å². The number of nitrogens with one attached hydrogen (secondary N) is 1. The molecule has 0 bridgehead atoms. The second-order valence-corrected chi connectivity index (χ2v) is 7.12. The number of oxazole rings is 1. The highest BCUT2D eigenvalue weighted by Gasteiger charge is 2.31. The molecule has 0 radical (unpaired) electrons. The van der Waals surface area contributed by atoms with Crippen LogP contribution in [-0.2, 0) is 17.1 Å². The zero-order valence-corrected chi connectivity index (χ0v) is 13.9. The van der Waals surface area contributed by atoms with Crippen molar-refractivity contribution in [2.75, 3.05) is 19.6 Å². The number of halogens is 1. The summed E-state index contributed by atoms with van der Waals surface area (Å²) >= 11 is 0.